The molecule has 1 aliphatic rings. The number of amides is 1. The summed E-state index contributed by atoms with van der Waals surface area (Å²) in [6.45, 7) is 0.984. The lowest BCUT2D eigenvalue weighted by Gasteiger charge is -2.31. The molecular weight excluding hydrogens is 354 g/mol. The topological polar surface area (TPSA) is 83.9 Å². The Labute approximate surface area is 155 Å². The van der Waals surface area contributed by atoms with E-state index in [4.69, 9.17) is 9.84 Å². The predicted octanol–water partition coefficient (Wildman–Crippen LogP) is 3.19. The first kappa shape index (κ1) is 18.1. The summed E-state index contributed by atoms with van der Waals surface area (Å²) in [5.74, 6) is -0.510. The van der Waals surface area contributed by atoms with E-state index in [1.54, 1.807) is 42.3 Å². The number of ether oxygens (including phenoxy) is 1. The van der Waals surface area contributed by atoms with Gasteiger partial charge in [-0.05, 0) is 49.2 Å². The molecule has 6 nitrogen and oxygen atoms in total. The number of carbonyl (C=O) groups excluding carboxylic acids is 2. The van der Waals surface area contributed by atoms with Gasteiger partial charge in [0.2, 0.25) is 0 Å². The number of ketones is 1. The second kappa shape index (κ2) is 7.70. The number of Topliss-reactive ketones (excluding diaryl/α,β-unsaturated/α-hetero) is 1. The third-order valence-electron chi connectivity index (χ3n) is 4.56. The molecule has 2 aromatic rings. The number of carbonyl (C=O) groups is 3. The Bertz CT molecular complexity index is 819. The van der Waals surface area contributed by atoms with E-state index in [0.29, 0.717) is 42.1 Å². The van der Waals surface area contributed by atoms with Gasteiger partial charge in [0.1, 0.15) is 10.6 Å². The van der Waals surface area contributed by atoms with Crippen LogP contribution in [-0.4, -0.2) is 47.9 Å². The molecule has 0 bridgehead atoms. The summed E-state index contributed by atoms with van der Waals surface area (Å²) in [5, 5.41) is 8.97. The molecule has 3 rings (SSSR count). The number of hydrogen-bond acceptors (Lipinski definition) is 5. The number of carboxylic acids is 1. The first-order chi connectivity index (χ1) is 12.5. The van der Waals surface area contributed by atoms with Crippen LogP contribution in [0.1, 0.15) is 42.5 Å². The van der Waals surface area contributed by atoms with Crippen molar-refractivity contribution in [2.45, 2.75) is 12.8 Å². The Morgan fingerprint density at radius 3 is 2.19 bits per heavy atom. The molecule has 1 saturated heterocycles. The summed E-state index contributed by atoms with van der Waals surface area (Å²) < 4.78 is 5.10. The number of piperidine rings is 1. The van der Waals surface area contributed by atoms with Gasteiger partial charge in [0.05, 0.1) is 12.0 Å². The number of hydrogen-bond donors (Lipinski definition) is 1. The van der Waals surface area contributed by atoms with E-state index in [2.05, 4.69) is 0 Å². The van der Waals surface area contributed by atoms with Crippen LogP contribution in [0.3, 0.4) is 0 Å². The minimum atomic E-state index is -1.03. The smallest absolute Gasteiger partial charge is 0.345 e. The van der Waals surface area contributed by atoms with Crippen LogP contribution in [0.2, 0.25) is 0 Å². The Balaban J connectivity index is 1.60. The molecule has 0 unspecified atom stereocenters. The van der Waals surface area contributed by atoms with Gasteiger partial charge in [0, 0.05) is 24.6 Å². The summed E-state index contributed by atoms with van der Waals surface area (Å²) in [6, 6.07) is 10.0. The van der Waals surface area contributed by atoms with Crippen molar-refractivity contribution in [2.75, 3.05) is 20.2 Å². The SMILES string of the molecule is COc1ccc(C(=O)C2CCN(C(=O)c3ccc(C(=O)O)s3)CC2)cc1. The highest BCUT2D eigenvalue weighted by Crippen LogP contribution is 2.25. The fraction of sp³-hybridized carbons (Fsp3) is 0.316. The highest BCUT2D eigenvalue weighted by Gasteiger charge is 2.29. The van der Waals surface area contributed by atoms with Crippen molar-refractivity contribution in [3.8, 4) is 5.75 Å². The molecule has 0 radical (unpaired) electrons. The fourth-order valence-electron chi connectivity index (χ4n) is 3.06. The highest BCUT2D eigenvalue weighted by atomic mass is 32.1. The third-order valence-corrected chi connectivity index (χ3v) is 5.62. The van der Waals surface area contributed by atoms with Crippen molar-refractivity contribution in [3.63, 3.8) is 0 Å². The number of aromatic carboxylic acids is 1. The molecule has 1 aromatic heterocycles. The van der Waals surface area contributed by atoms with E-state index >= 15 is 0 Å². The summed E-state index contributed by atoms with van der Waals surface area (Å²) in [4.78, 5) is 38.3. The molecule has 1 aliphatic heterocycles. The van der Waals surface area contributed by atoms with E-state index in [9.17, 15) is 14.4 Å². The molecular formula is C19H19NO5S. The summed E-state index contributed by atoms with van der Waals surface area (Å²) in [5.41, 5.74) is 0.653. The Morgan fingerprint density at radius 1 is 1.04 bits per heavy atom. The molecule has 0 atom stereocenters. The maximum absolute atomic E-state index is 12.6. The van der Waals surface area contributed by atoms with Crippen LogP contribution in [0.15, 0.2) is 36.4 Å². The molecule has 136 valence electrons. The van der Waals surface area contributed by atoms with Crippen LogP contribution in [0, 0.1) is 5.92 Å². The van der Waals surface area contributed by atoms with Crippen LogP contribution in [0.4, 0.5) is 0 Å². The van der Waals surface area contributed by atoms with Crippen molar-refractivity contribution in [1.29, 1.82) is 0 Å². The minimum Gasteiger partial charge on any atom is -0.497 e. The summed E-state index contributed by atoms with van der Waals surface area (Å²) in [6.07, 6.45) is 1.21. The number of thiophene rings is 1. The van der Waals surface area contributed by atoms with Crippen molar-refractivity contribution in [2.24, 2.45) is 5.92 Å². The maximum atomic E-state index is 12.6. The van der Waals surface area contributed by atoms with Gasteiger partial charge in [-0.1, -0.05) is 0 Å². The van der Waals surface area contributed by atoms with Gasteiger partial charge in [-0.2, -0.15) is 0 Å². The maximum Gasteiger partial charge on any atom is 0.345 e. The zero-order chi connectivity index (χ0) is 18.7. The summed E-state index contributed by atoms with van der Waals surface area (Å²) in [7, 11) is 1.58. The lowest BCUT2D eigenvalue weighted by Crippen LogP contribution is -2.40. The predicted molar refractivity (Wildman–Crippen MR) is 97.2 cm³/mol. The average Bonchev–Trinajstić information content (AvgIpc) is 3.17. The zero-order valence-corrected chi connectivity index (χ0v) is 15.1. The van der Waals surface area contributed by atoms with Crippen molar-refractivity contribution in [1.82, 2.24) is 4.90 Å². The van der Waals surface area contributed by atoms with E-state index in [1.165, 1.54) is 6.07 Å². The van der Waals surface area contributed by atoms with E-state index in [1.807, 2.05) is 0 Å². The second-order valence-electron chi connectivity index (χ2n) is 6.13. The molecule has 7 heteroatoms. The molecule has 0 spiro atoms. The molecule has 1 amide bonds. The van der Waals surface area contributed by atoms with Gasteiger partial charge >= 0.3 is 5.97 Å². The Kier molecular flexibility index (Phi) is 5.37. The van der Waals surface area contributed by atoms with Crippen molar-refractivity contribution >= 4 is 29.0 Å². The van der Waals surface area contributed by atoms with Crippen molar-refractivity contribution < 1.29 is 24.2 Å². The lowest BCUT2D eigenvalue weighted by atomic mass is 9.89. The van der Waals surface area contributed by atoms with Crippen LogP contribution in [0.25, 0.3) is 0 Å². The van der Waals surface area contributed by atoms with Gasteiger partial charge in [-0.25, -0.2) is 4.79 Å². The fourth-order valence-corrected chi connectivity index (χ4v) is 3.87. The molecule has 0 saturated carbocycles. The molecule has 1 N–H and O–H groups in total. The van der Waals surface area contributed by atoms with Crippen molar-refractivity contribution in [3.05, 3.63) is 51.7 Å². The second-order valence-corrected chi connectivity index (χ2v) is 7.21. The highest BCUT2D eigenvalue weighted by molar-refractivity contribution is 7.15. The normalized spacial score (nSPS) is 14.9. The van der Waals surface area contributed by atoms with E-state index in [0.717, 1.165) is 11.3 Å². The quantitative estimate of drug-likeness (QED) is 0.814. The standard InChI is InChI=1S/C19H19NO5S/c1-25-14-4-2-12(3-5-14)17(21)13-8-10-20(11-9-13)18(22)15-6-7-16(26-15)19(23)24/h2-7,13H,8-11H2,1H3,(H,23,24). The number of benzene rings is 1. The van der Waals surface area contributed by atoms with Gasteiger partial charge in [0.25, 0.3) is 5.91 Å². The van der Waals surface area contributed by atoms with Gasteiger partial charge in [-0.15, -0.1) is 11.3 Å². The minimum absolute atomic E-state index is 0.0871. The van der Waals surface area contributed by atoms with Gasteiger partial charge < -0.3 is 14.7 Å². The molecule has 2 heterocycles. The Morgan fingerprint density at radius 2 is 1.65 bits per heavy atom. The lowest BCUT2D eigenvalue weighted by molar-refractivity contribution is 0.0654. The van der Waals surface area contributed by atoms with Gasteiger partial charge in [-0.3, -0.25) is 9.59 Å². The van der Waals surface area contributed by atoms with Gasteiger partial charge in [0.15, 0.2) is 5.78 Å². The number of likely N-dealkylation sites (tertiary alicyclic amines) is 1. The molecule has 1 fully saturated rings. The van der Waals surface area contributed by atoms with E-state index in [-0.39, 0.29) is 22.5 Å². The number of nitrogens with zero attached hydrogens (tertiary/aromatic N) is 1. The molecule has 26 heavy (non-hydrogen) atoms. The average molecular weight is 373 g/mol. The largest absolute Gasteiger partial charge is 0.497 e. The van der Waals surface area contributed by atoms with Crippen LogP contribution >= 0.6 is 11.3 Å². The first-order valence-electron chi connectivity index (χ1n) is 8.30. The first-order valence-corrected chi connectivity index (χ1v) is 9.12. The van der Waals surface area contributed by atoms with Crippen LogP contribution in [-0.2, 0) is 0 Å². The molecule has 1 aromatic carbocycles. The number of rotatable bonds is 5. The van der Waals surface area contributed by atoms with E-state index < -0.39 is 5.97 Å². The zero-order valence-electron chi connectivity index (χ0n) is 14.3. The monoisotopic (exact) mass is 373 g/mol. The number of methoxy groups -OCH3 is 1. The van der Waals surface area contributed by atoms with Crippen LogP contribution < -0.4 is 4.74 Å². The summed E-state index contributed by atoms with van der Waals surface area (Å²) >= 11 is 0.981. The molecule has 0 aliphatic carbocycles. The van der Waals surface area contributed by atoms with Crippen LogP contribution in [0.5, 0.6) is 5.75 Å². The number of carboxylic acid groups (broad SMARTS) is 1. The third kappa shape index (κ3) is 3.77. The Hall–Kier alpha value is -2.67.